The van der Waals surface area contributed by atoms with E-state index in [1.165, 1.54) is 19.2 Å². The van der Waals surface area contributed by atoms with Crippen molar-refractivity contribution in [3.05, 3.63) is 35.1 Å². The zero-order chi connectivity index (χ0) is 15.5. The molecule has 5 nitrogen and oxygen atoms in total. The van der Waals surface area contributed by atoms with Crippen LogP contribution in [0.2, 0.25) is 0 Å². The molecule has 1 aliphatic heterocycles. The maximum atomic E-state index is 13.8. The van der Waals surface area contributed by atoms with E-state index in [0.29, 0.717) is 18.5 Å². The number of hydrogen-bond donors (Lipinski definition) is 1. The zero-order valence-corrected chi connectivity index (χ0v) is 12.6. The van der Waals surface area contributed by atoms with E-state index in [2.05, 4.69) is 10.1 Å². The van der Waals surface area contributed by atoms with Gasteiger partial charge in [-0.05, 0) is 30.5 Å². The lowest BCUT2D eigenvalue weighted by Gasteiger charge is -2.23. The first-order valence-electron chi connectivity index (χ1n) is 6.72. The van der Waals surface area contributed by atoms with E-state index in [4.69, 9.17) is 0 Å². The maximum Gasteiger partial charge on any atom is 0.340 e. The SMILES string of the molecule is COC(=O)c1ccc(CNC2CCCS(=O)(=O)C2)cc1F. The lowest BCUT2D eigenvalue weighted by atomic mass is 10.1. The number of carbonyl (C=O) groups is 1. The van der Waals surface area contributed by atoms with Gasteiger partial charge in [-0.3, -0.25) is 0 Å². The Morgan fingerprint density at radius 3 is 2.86 bits per heavy atom. The number of methoxy groups -OCH3 is 1. The lowest BCUT2D eigenvalue weighted by molar-refractivity contribution is 0.0595. The van der Waals surface area contributed by atoms with Crippen LogP contribution in [0, 0.1) is 5.82 Å². The van der Waals surface area contributed by atoms with E-state index < -0.39 is 21.6 Å². The van der Waals surface area contributed by atoms with Crippen LogP contribution in [0.3, 0.4) is 0 Å². The van der Waals surface area contributed by atoms with E-state index in [-0.39, 0.29) is 23.1 Å². The fourth-order valence-electron chi connectivity index (χ4n) is 2.39. The molecule has 1 heterocycles. The number of esters is 1. The first-order valence-corrected chi connectivity index (χ1v) is 8.54. The van der Waals surface area contributed by atoms with Crippen LogP contribution in [0.1, 0.15) is 28.8 Å². The molecule has 1 atom stereocenters. The third-order valence-electron chi connectivity index (χ3n) is 3.50. The van der Waals surface area contributed by atoms with Crippen molar-refractivity contribution in [2.75, 3.05) is 18.6 Å². The number of benzene rings is 1. The number of sulfone groups is 1. The molecule has 0 aromatic heterocycles. The quantitative estimate of drug-likeness (QED) is 0.847. The normalized spacial score (nSPS) is 21.0. The monoisotopic (exact) mass is 315 g/mol. The molecule has 1 aliphatic rings. The van der Waals surface area contributed by atoms with E-state index in [0.717, 1.165) is 6.42 Å². The van der Waals surface area contributed by atoms with Gasteiger partial charge in [-0.1, -0.05) is 6.07 Å². The van der Waals surface area contributed by atoms with E-state index in [9.17, 15) is 17.6 Å². The molecule has 0 aliphatic carbocycles. The fourth-order valence-corrected chi connectivity index (χ4v) is 4.06. The Morgan fingerprint density at radius 2 is 2.24 bits per heavy atom. The van der Waals surface area contributed by atoms with E-state index in [1.807, 2.05) is 0 Å². The largest absolute Gasteiger partial charge is 0.465 e. The van der Waals surface area contributed by atoms with Gasteiger partial charge in [0.25, 0.3) is 0 Å². The van der Waals surface area contributed by atoms with Gasteiger partial charge in [-0.25, -0.2) is 17.6 Å². The zero-order valence-electron chi connectivity index (χ0n) is 11.8. The number of halogens is 1. The van der Waals surface area contributed by atoms with Gasteiger partial charge < -0.3 is 10.1 Å². The van der Waals surface area contributed by atoms with Crippen molar-refractivity contribution < 1.29 is 22.3 Å². The summed E-state index contributed by atoms with van der Waals surface area (Å²) < 4.78 is 41.3. The van der Waals surface area contributed by atoms with Gasteiger partial charge in [0.05, 0.1) is 24.2 Å². The molecule has 0 saturated carbocycles. The number of hydrogen-bond acceptors (Lipinski definition) is 5. The Hall–Kier alpha value is -1.47. The molecule has 0 spiro atoms. The molecular formula is C14H18FNO4S. The molecule has 116 valence electrons. The van der Waals surface area contributed by atoms with Crippen LogP contribution >= 0.6 is 0 Å². The van der Waals surface area contributed by atoms with Crippen LogP contribution in [-0.2, 0) is 21.1 Å². The second kappa shape index (κ2) is 6.53. The maximum absolute atomic E-state index is 13.8. The minimum Gasteiger partial charge on any atom is -0.465 e. The second-order valence-corrected chi connectivity index (χ2v) is 7.37. The number of carbonyl (C=O) groups excluding carboxylic acids is 1. The van der Waals surface area contributed by atoms with Gasteiger partial charge >= 0.3 is 5.97 Å². The molecule has 21 heavy (non-hydrogen) atoms. The van der Waals surface area contributed by atoms with Crippen LogP contribution in [0.15, 0.2) is 18.2 Å². The summed E-state index contributed by atoms with van der Waals surface area (Å²) in [6.07, 6.45) is 1.44. The van der Waals surface area contributed by atoms with Crippen LogP contribution < -0.4 is 5.32 Å². The lowest BCUT2D eigenvalue weighted by Crippen LogP contribution is -2.39. The van der Waals surface area contributed by atoms with Crippen LogP contribution in [0.5, 0.6) is 0 Å². The van der Waals surface area contributed by atoms with Crippen molar-refractivity contribution in [3.63, 3.8) is 0 Å². The van der Waals surface area contributed by atoms with Crippen LogP contribution in [0.25, 0.3) is 0 Å². The summed E-state index contributed by atoms with van der Waals surface area (Å²) in [6, 6.07) is 4.15. The van der Waals surface area contributed by atoms with Crippen molar-refractivity contribution in [1.29, 1.82) is 0 Å². The average Bonchev–Trinajstić information content (AvgIpc) is 2.43. The Bertz CT molecular complexity index is 630. The highest BCUT2D eigenvalue weighted by Crippen LogP contribution is 2.15. The number of nitrogens with one attached hydrogen (secondary N) is 1. The van der Waals surface area contributed by atoms with Gasteiger partial charge in [0, 0.05) is 12.6 Å². The van der Waals surface area contributed by atoms with Gasteiger partial charge in [0.15, 0.2) is 9.84 Å². The van der Waals surface area contributed by atoms with Crippen molar-refractivity contribution in [2.24, 2.45) is 0 Å². The molecule has 1 saturated heterocycles. The topological polar surface area (TPSA) is 72.5 Å². The van der Waals surface area contributed by atoms with Crippen LogP contribution in [0.4, 0.5) is 4.39 Å². The Balaban J connectivity index is 1.98. The van der Waals surface area contributed by atoms with Crippen molar-refractivity contribution in [3.8, 4) is 0 Å². The molecule has 1 fully saturated rings. The standard InChI is InChI=1S/C14H18FNO4S/c1-20-14(17)12-5-4-10(7-13(12)15)8-16-11-3-2-6-21(18,19)9-11/h4-5,7,11,16H,2-3,6,8-9H2,1H3. The van der Waals surface area contributed by atoms with Gasteiger partial charge in [0.1, 0.15) is 5.82 Å². The number of ether oxygens (including phenoxy) is 1. The highest BCUT2D eigenvalue weighted by atomic mass is 32.2. The molecule has 0 radical (unpaired) electrons. The molecule has 2 rings (SSSR count). The summed E-state index contributed by atoms with van der Waals surface area (Å²) in [5.41, 5.74) is 0.546. The van der Waals surface area contributed by atoms with Gasteiger partial charge in [0.2, 0.25) is 0 Å². The third kappa shape index (κ3) is 4.25. The first-order chi connectivity index (χ1) is 9.91. The summed E-state index contributed by atoms with van der Waals surface area (Å²) >= 11 is 0. The second-order valence-electron chi connectivity index (χ2n) is 5.14. The Kier molecular flexibility index (Phi) is 4.95. The van der Waals surface area contributed by atoms with Crippen molar-refractivity contribution in [2.45, 2.75) is 25.4 Å². The predicted octanol–water partition coefficient (Wildman–Crippen LogP) is 1.28. The van der Waals surface area contributed by atoms with Gasteiger partial charge in [-0.15, -0.1) is 0 Å². The average molecular weight is 315 g/mol. The van der Waals surface area contributed by atoms with Crippen molar-refractivity contribution >= 4 is 15.8 Å². The molecule has 1 aromatic rings. The molecule has 7 heteroatoms. The molecule has 1 aromatic carbocycles. The Labute approximate surface area is 123 Å². The minimum absolute atomic E-state index is 0.105. The predicted molar refractivity (Wildman–Crippen MR) is 76.3 cm³/mol. The van der Waals surface area contributed by atoms with Crippen molar-refractivity contribution in [1.82, 2.24) is 5.32 Å². The molecule has 0 amide bonds. The summed E-state index contributed by atoms with van der Waals surface area (Å²) in [5.74, 6) is -0.994. The summed E-state index contributed by atoms with van der Waals surface area (Å²) in [6.45, 7) is 0.360. The van der Waals surface area contributed by atoms with E-state index >= 15 is 0 Å². The molecule has 1 N–H and O–H groups in total. The highest BCUT2D eigenvalue weighted by Gasteiger charge is 2.24. The molecule has 1 unspecified atom stereocenters. The Morgan fingerprint density at radius 1 is 1.48 bits per heavy atom. The first kappa shape index (κ1) is 15.9. The summed E-state index contributed by atoms with van der Waals surface area (Å²) in [7, 11) is -1.77. The summed E-state index contributed by atoms with van der Waals surface area (Å²) in [4.78, 5) is 11.3. The molecule has 0 bridgehead atoms. The smallest absolute Gasteiger partial charge is 0.340 e. The number of rotatable bonds is 4. The van der Waals surface area contributed by atoms with E-state index in [1.54, 1.807) is 6.07 Å². The third-order valence-corrected chi connectivity index (χ3v) is 5.32. The minimum atomic E-state index is -2.96. The fraction of sp³-hybridized carbons (Fsp3) is 0.500. The highest BCUT2D eigenvalue weighted by molar-refractivity contribution is 7.91. The van der Waals surface area contributed by atoms with Gasteiger partial charge in [-0.2, -0.15) is 0 Å². The van der Waals surface area contributed by atoms with Crippen LogP contribution in [-0.4, -0.2) is 39.0 Å². The summed E-state index contributed by atoms with van der Waals surface area (Å²) in [5, 5.41) is 3.12. The molecular weight excluding hydrogens is 297 g/mol.